The summed E-state index contributed by atoms with van der Waals surface area (Å²) < 4.78 is 0. The van der Waals surface area contributed by atoms with E-state index < -0.39 is 0 Å². The van der Waals surface area contributed by atoms with Crippen molar-refractivity contribution in [3.05, 3.63) is 16.4 Å². The summed E-state index contributed by atoms with van der Waals surface area (Å²) in [5, 5.41) is 0. The predicted molar refractivity (Wildman–Crippen MR) is 60.0 cm³/mol. The molecule has 0 amide bonds. The van der Waals surface area contributed by atoms with Crippen LogP contribution in [0.15, 0.2) is 10.9 Å². The molecule has 82 valence electrons. The Bertz CT molecular complexity index is 379. The van der Waals surface area contributed by atoms with Crippen LogP contribution >= 0.6 is 0 Å². The second-order valence-corrected chi connectivity index (χ2v) is 3.90. The number of nitrogens with zero attached hydrogens (tertiary/aromatic N) is 2. The zero-order valence-corrected chi connectivity index (χ0v) is 8.70. The number of nitrogens with two attached hydrogens (primary N) is 1. The van der Waals surface area contributed by atoms with Gasteiger partial charge in [-0.05, 0) is 12.8 Å². The first-order chi connectivity index (χ1) is 7.25. The maximum atomic E-state index is 11.2. The zero-order chi connectivity index (χ0) is 10.7. The lowest BCUT2D eigenvalue weighted by Gasteiger charge is -2.20. The molecule has 2 heterocycles. The van der Waals surface area contributed by atoms with Crippen LogP contribution in [-0.4, -0.2) is 23.1 Å². The topological polar surface area (TPSA) is 75.0 Å². The number of aromatic nitrogens is 2. The van der Waals surface area contributed by atoms with E-state index in [1.807, 2.05) is 0 Å². The van der Waals surface area contributed by atoms with E-state index in [0.717, 1.165) is 25.9 Å². The minimum Gasteiger partial charge on any atom is -0.383 e. The lowest BCUT2D eigenvalue weighted by atomic mass is 10.2. The molecule has 0 unspecified atom stereocenters. The Morgan fingerprint density at radius 1 is 1.27 bits per heavy atom. The van der Waals surface area contributed by atoms with E-state index >= 15 is 0 Å². The van der Waals surface area contributed by atoms with Crippen molar-refractivity contribution >= 4 is 11.8 Å². The molecule has 0 aromatic carbocycles. The highest BCUT2D eigenvalue weighted by atomic mass is 16.1. The number of anilines is 2. The smallest absolute Gasteiger partial charge is 0.254 e. The van der Waals surface area contributed by atoms with Gasteiger partial charge in [-0.1, -0.05) is 12.8 Å². The fourth-order valence-electron chi connectivity index (χ4n) is 1.90. The first-order valence-corrected chi connectivity index (χ1v) is 5.37. The molecule has 1 aromatic rings. The van der Waals surface area contributed by atoms with Crippen molar-refractivity contribution in [1.29, 1.82) is 0 Å². The van der Waals surface area contributed by atoms with E-state index in [4.69, 9.17) is 5.73 Å². The van der Waals surface area contributed by atoms with Crippen LogP contribution in [0.1, 0.15) is 25.7 Å². The van der Waals surface area contributed by atoms with Gasteiger partial charge in [0.05, 0.1) is 0 Å². The highest BCUT2D eigenvalue weighted by molar-refractivity contribution is 5.37. The summed E-state index contributed by atoms with van der Waals surface area (Å²) in [6, 6.07) is 1.31. The third kappa shape index (κ3) is 2.49. The molecular formula is C10H16N4O. The van der Waals surface area contributed by atoms with Crippen molar-refractivity contribution in [2.24, 2.45) is 0 Å². The van der Waals surface area contributed by atoms with Gasteiger partial charge in [0.25, 0.3) is 5.56 Å². The monoisotopic (exact) mass is 208 g/mol. The Hall–Kier alpha value is -1.52. The molecule has 0 bridgehead atoms. The molecule has 1 aliphatic heterocycles. The Morgan fingerprint density at radius 3 is 2.53 bits per heavy atom. The summed E-state index contributed by atoms with van der Waals surface area (Å²) in [7, 11) is 0. The summed E-state index contributed by atoms with van der Waals surface area (Å²) in [4.78, 5) is 20.2. The van der Waals surface area contributed by atoms with E-state index in [2.05, 4.69) is 14.9 Å². The average Bonchev–Trinajstić information content (AvgIpc) is 2.43. The van der Waals surface area contributed by atoms with E-state index in [1.54, 1.807) is 0 Å². The number of nitrogen functional groups attached to an aromatic ring is 1. The highest BCUT2D eigenvalue weighted by Crippen LogP contribution is 2.14. The molecule has 0 saturated carbocycles. The van der Waals surface area contributed by atoms with Crippen LogP contribution < -0.4 is 16.2 Å². The van der Waals surface area contributed by atoms with Crippen molar-refractivity contribution in [1.82, 2.24) is 9.97 Å². The van der Waals surface area contributed by atoms with Crippen molar-refractivity contribution < 1.29 is 0 Å². The van der Waals surface area contributed by atoms with Crippen molar-refractivity contribution in [2.45, 2.75) is 25.7 Å². The average molecular weight is 208 g/mol. The molecule has 5 nitrogen and oxygen atoms in total. The van der Waals surface area contributed by atoms with Crippen molar-refractivity contribution in [3.8, 4) is 0 Å². The van der Waals surface area contributed by atoms with Gasteiger partial charge in [-0.15, -0.1) is 0 Å². The van der Waals surface area contributed by atoms with Gasteiger partial charge in [-0.25, -0.2) is 0 Å². The first kappa shape index (κ1) is 10.0. The summed E-state index contributed by atoms with van der Waals surface area (Å²) in [6.45, 7) is 1.90. The molecule has 1 fully saturated rings. The Balaban J connectivity index is 2.23. The number of aromatic amines is 1. The van der Waals surface area contributed by atoms with Gasteiger partial charge in [0.2, 0.25) is 5.95 Å². The van der Waals surface area contributed by atoms with E-state index in [-0.39, 0.29) is 11.4 Å². The third-order valence-electron chi connectivity index (χ3n) is 2.65. The van der Waals surface area contributed by atoms with Gasteiger partial charge < -0.3 is 10.6 Å². The second kappa shape index (κ2) is 4.33. The van der Waals surface area contributed by atoms with Crippen LogP contribution in [0.3, 0.4) is 0 Å². The fraction of sp³-hybridized carbons (Fsp3) is 0.600. The maximum Gasteiger partial charge on any atom is 0.254 e. The number of rotatable bonds is 1. The van der Waals surface area contributed by atoms with Crippen molar-refractivity contribution in [3.63, 3.8) is 0 Å². The SMILES string of the molecule is Nc1cc(=O)[nH]c(N2CCCCCC2)n1. The van der Waals surface area contributed by atoms with Crippen LogP contribution in [0.5, 0.6) is 0 Å². The summed E-state index contributed by atoms with van der Waals surface area (Å²) in [5.41, 5.74) is 5.37. The molecule has 0 radical (unpaired) electrons. The van der Waals surface area contributed by atoms with Crippen molar-refractivity contribution in [2.75, 3.05) is 23.7 Å². The molecule has 2 rings (SSSR count). The van der Waals surface area contributed by atoms with E-state index in [9.17, 15) is 4.79 Å². The van der Waals surface area contributed by atoms with E-state index in [0.29, 0.717) is 5.95 Å². The van der Waals surface area contributed by atoms with Gasteiger partial charge in [0, 0.05) is 19.2 Å². The lowest BCUT2D eigenvalue weighted by Crippen LogP contribution is -2.28. The second-order valence-electron chi connectivity index (χ2n) is 3.90. The van der Waals surface area contributed by atoms with Crippen LogP contribution in [0.4, 0.5) is 11.8 Å². The maximum absolute atomic E-state index is 11.2. The third-order valence-corrected chi connectivity index (χ3v) is 2.65. The van der Waals surface area contributed by atoms with Crippen LogP contribution in [0.2, 0.25) is 0 Å². The number of nitrogens with one attached hydrogen (secondary N) is 1. The molecule has 1 saturated heterocycles. The van der Waals surface area contributed by atoms with Crippen LogP contribution in [0.25, 0.3) is 0 Å². The minimum atomic E-state index is -0.179. The van der Waals surface area contributed by atoms with E-state index in [1.165, 1.54) is 18.9 Å². The highest BCUT2D eigenvalue weighted by Gasteiger charge is 2.12. The standard InChI is InChI=1S/C10H16N4O/c11-8-7-9(15)13-10(12-8)14-5-3-1-2-4-6-14/h7H,1-6H2,(H3,11,12,13,15). The molecule has 0 aliphatic carbocycles. The van der Waals surface area contributed by atoms with Gasteiger partial charge in [0.15, 0.2) is 0 Å². The zero-order valence-electron chi connectivity index (χ0n) is 8.70. The van der Waals surface area contributed by atoms with Gasteiger partial charge in [-0.2, -0.15) is 4.98 Å². The number of hydrogen-bond acceptors (Lipinski definition) is 4. The van der Waals surface area contributed by atoms with Gasteiger partial charge >= 0.3 is 0 Å². The fourth-order valence-corrected chi connectivity index (χ4v) is 1.90. The molecule has 0 atom stereocenters. The lowest BCUT2D eigenvalue weighted by molar-refractivity contribution is 0.726. The summed E-state index contributed by atoms with van der Waals surface area (Å²) in [5.74, 6) is 0.903. The summed E-state index contributed by atoms with van der Waals surface area (Å²) in [6.07, 6.45) is 4.81. The molecule has 1 aliphatic rings. The Morgan fingerprint density at radius 2 is 1.93 bits per heavy atom. The van der Waals surface area contributed by atoms with Crippen LogP contribution in [0, 0.1) is 0 Å². The quantitative estimate of drug-likeness (QED) is 0.713. The van der Waals surface area contributed by atoms with Crippen LogP contribution in [-0.2, 0) is 0 Å². The number of H-pyrrole nitrogens is 1. The number of hydrogen-bond donors (Lipinski definition) is 2. The molecular weight excluding hydrogens is 192 g/mol. The Labute approximate surface area is 88.3 Å². The predicted octanol–water partition coefficient (Wildman–Crippen LogP) is 0.732. The molecule has 1 aromatic heterocycles. The minimum absolute atomic E-state index is 0.179. The normalized spacial score (nSPS) is 17.5. The first-order valence-electron chi connectivity index (χ1n) is 5.37. The molecule has 3 N–H and O–H groups in total. The largest absolute Gasteiger partial charge is 0.383 e. The van der Waals surface area contributed by atoms with Gasteiger partial charge in [0.1, 0.15) is 5.82 Å². The summed E-state index contributed by atoms with van der Waals surface area (Å²) >= 11 is 0. The molecule has 15 heavy (non-hydrogen) atoms. The van der Waals surface area contributed by atoms with Gasteiger partial charge in [-0.3, -0.25) is 9.78 Å². The Kier molecular flexibility index (Phi) is 2.89. The molecule has 0 spiro atoms. The molecule has 5 heteroatoms.